The predicted molar refractivity (Wildman–Crippen MR) is 119 cm³/mol. The number of nitrogens with one attached hydrogen (secondary N) is 1. The summed E-state index contributed by atoms with van der Waals surface area (Å²) in [7, 11) is 3.54. The molecule has 0 aliphatic carbocycles. The molecular weight excluding hydrogens is 392 g/mol. The van der Waals surface area contributed by atoms with E-state index < -0.39 is 0 Å². The summed E-state index contributed by atoms with van der Waals surface area (Å²) in [4.78, 5) is 13.8. The van der Waals surface area contributed by atoms with E-state index in [1.54, 1.807) is 18.0 Å². The highest BCUT2D eigenvalue weighted by Crippen LogP contribution is 2.33. The fourth-order valence-electron chi connectivity index (χ4n) is 3.66. The van der Waals surface area contributed by atoms with Crippen molar-refractivity contribution in [1.82, 2.24) is 24.7 Å². The molecule has 1 N–H and O–H groups in total. The molecule has 1 aliphatic rings. The Morgan fingerprint density at radius 1 is 1.13 bits per heavy atom. The monoisotopic (exact) mass is 414 g/mol. The van der Waals surface area contributed by atoms with Gasteiger partial charge in [-0.05, 0) is 35.8 Å². The third-order valence-corrected chi connectivity index (χ3v) is 5.25. The number of aromatic nitrogens is 5. The van der Waals surface area contributed by atoms with E-state index in [9.17, 15) is 0 Å². The number of anilines is 2. The van der Waals surface area contributed by atoms with Crippen molar-refractivity contribution < 1.29 is 9.47 Å². The number of hydrogen-bond acceptors (Lipinski definition) is 7. The van der Waals surface area contributed by atoms with Crippen LogP contribution in [0.25, 0.3) is 27.6 Å². The zero-order chi connectivity index (χ0) is 21.2. The molecule has 8 heteroatoms. The zero-order valence-corrected chi connectivity index (χ0v) is 17.4. The minimum Gasteiger partial charge on any atom is -0.495 e. The first-order valence-electron chi connectivity index (χ1n) is 10.0. The normalized spacial score (nSPS) is 13.8. The van der Waals surface area contributed by atoms with Gasteiger partial charge in [-0.1, -0.05) is 12.1 Å². The van der Waals surface area contributed by atoms with Crippen LogP contribution in [-0.2, 0) is 11.8 Å². The molecule has 4 aromatic rings. The maximum absolute atomic E-state index is 5.61. The number of hydrogen-bond donors (Lipinski definition) is 1. The zero-order valence-electron chi connectivity index (χ0n) is 17.4. The molecule has 5 rings (SSSR count). The molecule has 0 bridgehead atoms. The minimum absolute atomic E-state index is 0.488. The van der Waals surface area contributed by atoms with Gasteiger partial charge in [-0.25, -0.2) is 9.97 Å². The van der Waals surface area contributed by atoms with Crippen molar-refractivity contribution in [3.63, 3.8) is 0 Å². The summed E-state index contributed by atoms with van der Waals surface area (Å²) in [5.74, 6) is 1.19. The number of nitrogens with zero attached hydrogens (tertiary/aromatic N) is 5. The molecule has 0 spiro atoms. The lowest BCUT2D eigenvalue weighted by atomic mass is 10.0. The molecule has 0 fully saturated rings. The van der Waals surface area contributed by atoms with E-state index in [1.807, 2.05) is 49.9 Å². The Kier molecular flexibility index (Phi) is 5.05. The molecule has 31 heavy (non-hydrogen) atoms. The van der Waals surface area contributed by atoms with Gasteiger partial charge < -0.3 is 14.8 Å². The maximum atomic E-state index is 5.61. The molecule has 1 aliphatic heterocycles. The van der Waals surface area contributed by atoms with Crippen LogP contribution in [0.5, 0.6) is 5.75 Å². The molecule has 3 aromatic heterocycles. The SMILES string of the molecule is COc1cc(-c2cnn(C)c2)ccc1Nc1ncc2ccnc(C3=CCOCC3)c2n1. The first-order valence-corrected chi connectivity index (χ1v) is 10.0. The highest BCUT2D eigenvalue weighted by molar-refractivity contribution is 5.89. The lowest BCUT2D eigenvalue weighted by Gasteiger charge is -2.15. The van der Waals surface area contributed by atoms with Gasteiger partial charge in [-0.2, -0.15) is 5.10 Å². The first-order chi connectivity index (χ1) is 15.2. The van der Waals surface area contributed by atoms with E-state index in [-0.39, 0.29) is 0 Å². The standard InChI is InChI=1S/C23H22N6O2/c1-29-14-18(13-26-29)16-3-4-19(20(11-16)30-2)27-23-25-12-17-5-8-24-21(22(17)28-23)15-6-9-31-10-7-15/h3-6,8,11-14H,7,9-10H2,1-2H3,(H,25,27,28). The molecule has 0 atom stereocenters. The third-order valence-electron chi connectivity index (χ3n) is 5.25. The fraction of sp³-hybridized carbons (Fsp3) is 0.217. The topological polar surface area (TPSA) is 87.0 Å². The van der Waals surface area contributed by atoms with E-state index >= 15 is 0 Å². The minimum atomic E-state index is 0.488. The van der Waals surface area contributed by atoms with Crippen molar-refractivity contribution in [3.8, 4) is 16.9 Å². The van der Waals surface area contributed by atoms with E-state index in [4.69, 9.17) is 14.5 Å². The van der Waals surface area contributed by atoms with Gasteiger partial charge in [0.25, 0.3) is 0 Å². The smallest absolute Gasteiger partial charge is 0.227 e. The first kappa shape index (κ1) is 19.2. The van der Waals surface area contributed by atoms with Gasteiger partial charge in [0, 0.05) is 36.6 Å². The van der Waals surface area contributed by atoms with Crippen LogP contribution in [0.3, 0.4) is 0 Å². The Balaban J connectivity index is 1.49. The maximum Gasteiger partial charge on any atom is 0.227 e. The van der Waals surface area contributed by atoms with Crippen molar-refractivity contribution in [2.24, 2.45) is 7.05 Å². The highest BCUT2D eigenvalue weighted by Gasteiger charge is 2.14. The van der Waals surface area contributed by atoms with Crippen molar-refractivity contribution in [2.45, 2.75) is 6.42 Å². The summed E-state index contributed by atoms with van der Waals surface area (Å²) in [6.07, 6.45) is 10.3. The lowest BCUT2D eigenvalue weighted by Crippen LogP contribution is -2.06. The quantitative estimate of drug-likeness (QED) is 0.528. The summed E-state index contributed by atoms with van der Waals surface area (Å²) in [6.45, 7) is 1.30. The van der Waals surface area contributed by atoms with Gasteiger partial charge in [-0.3, -0.25) is 9.67 Å². The van der Waals surface area contributed by atoms with E-state index in [2.05, 4.69) is 26.5 Å². The van der Waals surface area contributed by atoms with Crippen LogP contribution < -0.4 is 10.1 Å². The average Bonchev–Trinajstić information content (AvgIpc) is 3.25. The predicted octanol–water partition coefficient (Wildman–Crippen LogP) is 3.98. The Morgan fingerprint density at radius 3 is 2.84 bits per heavy atom. The number of rotatable bonds is 5. The largest absolute Gasteiger partial charge is 0.495 e. The fourth-order valence-corrected chi connectivity index (χ4v) is 3.66. The van der Waals surface area contributed by atoms with Gasteiger partial charge in [0.2, 0.25) is 5.95 Å². The van der Waals surface area contributed by atoms with Gasteiger partial charge in [0.15, 0.2) is 0 Å². The molecule has 0 unspecified atom stereocenters. The second kappa shape index (κ2) is 8.16. The molecule has 0 saturated heterocycles. The van der Waals surface area contributed by atoms with Crippen molar-refractivity contribution in [3.05, 3.63) is 60.8 Å². The molecular formula is C23H22N6O2. The number of benzene rings is 1. The van der Waals surface area contributed by atoms with Crippen LogP contribution in [0.15, 0.2) is 55.1 Å². The van der Waals surface area contributed by atoms with Gasteiger partial charge in [-0.15, -0.1) is 0 Å². The summed E-state index contributed by atoms with van der Waals surface area (Å²) < 4.78 is 12.8. The van der Waals surface area contributed by atoms with Crippen molar-refractivity contribution >= 4 is 28.1 Å². The van der Waals surface area contributed by atoms with Gasteiger partial charge in [0.05, 0.1) is 37.9 Å². The second-order valence-electron chi connectivity index (χ2n) is 7.29. The molecule has 0 saturated carbocycles. The Bertz CT molecular complexity index is 1280. The number of ether oxygens (including phenoxy) is 2. The number of fused-ring (bicyclic) bond motifs is 1. The summed E-state index contributed by atoms with van der Waals surface area (Å²) in [6, 6.07) is 7.87. The van der Waals surface area contributed by atoms with Crippen LogP contribution in [0, 0.1) is 0 Å². The van der Waals surface area contributed by atoms with Gasteiger partial charge >= 0.3 is 0 Å². The van der Waals surface area contributed by atoms with Gasteiger partial charge in [0.1, 0.15) is 11.3 Å². The summed E-state index contributed by atoms with van der Waals surface area (Å²) >= 11 is 0. The van der Waals surface area contributed by atoms with Crippen LogP contribution in [0.1, 0.15) is 12.1 Å². The van der Waals surface area contributed by atoms with Crippen LogP contribution in [-0.4, -0.2) is 45.1 Å². The van der Waals surface area contributed by atoms with E-state index in [0.29, 0.717) is 24.9 Å². The average molecular weight is 414 g/mol. The summed E-state index contributed by atoms with van der Waals surface area (Å²) in [5, 5.41) is 8.47. The summed E-state index contributed by atoms with van der Waals surface area (Å²) in [5.41, 5.74) is 5.68. The van der Waals surface area contributed by atoms with Crippen LogP contribution in [0.4, 0.5) is 11.6 Å². The van der Waals surface area contributed by atoms with E-state index in [1.165, 1.54) is 0 Å². The second-order valence-corrected chi connectivity index (χ2v) is 7.29. The highest BCUT2D eigenvalue weighted by atomic mass is 16.5. The molecule has 0 amide bonds. The lowest BCUT2D eigenvalue weighted by molar-refractivity contribution is 0.161. The molecule has 0 radical (unpaired) electrons. The number of pyridine rings is 1. The van der Waals surface area contributed by atoms with Crippen LogP contribution in [0.2, 0.25) is 0 Å². The Labute approximate surface area is 179 Å². The third kappa shape index (κ3) is 3.85. The number of methoxy groups -OCH3 is 1. The Morgan fingerprint density at radius 2 is 2.06 bits per heavy atom. The van der Waals surface area contributed by atoms with Crippen LogP contribution >= 0.6 is 0 Å². The van der Waals surface area contributed by atoms with Crippen molar-refractivity contribution in [2.75, 3.05) is 25.6 Å². The molecule has 8 nitrogen and oxygen atoms in total. The Hall–Kier alpha value is -3.78. The molecule has 1 aromatic carbocycles. The molecule has 4 heterocycles. The number of aryl methyl sites for hydroxylation is 1. The van der Waals surface area contributed by atoms with E-state index in [0.717, 1.165) is 45.4 Å². The molecule has 156 valence electrons. The van der Waals surface area contributed by atoms with Crippen molar-refractivity contribution in [1.29, 1.82) is 0 Å².